The summed E-state index contributed by atoms with van der Waals surface area (Å²) in [5.74, 6) is 0.869. The maximum Gasteiger partial charge on any atom is 0.220 e. The lowest BCUT2D eigenvalue weighted by molar-refractivity contribution is -0.125. The van der Waals surface area contributed by atoms with Gasteiger partial charge in [-0.1, -0.05) is 30.3 Å². The number of ketones is 1. The minimum atomic E-state index is 0.181. The lowest BCUT2D eigenvalue weighted by Crippen LogP contribution is -2.54. The van der Waals surface area contributed by atoms with Crippen molar-refractivity contribution in [3.05, 3.63) is 35.9 Å². The highest BCUT2D eigenvalue weighted by Crippen LogP contribution is 2.25. The number of carbonyl (C=O) groups is 2. The molecule has 2 aliphatic rings. The van der Waals surface area contributed by atoms with E-state index in [-0.39, 0.29) is 11.7 Å². The lowest BCUT2D eigenvalue weighted by atomic mass is 9.85. The van der Waals surface area contributed by atoms with Crippen LogP contribution in [0.3, 0.4) is 0 Å². The molecule has 0 aromatic heterocycles. The number of carbonyl (C=O) groups excluding carboxylic acids is 2. The SMILES string of the molecule is O=C1CCC2CN(CC(=O)c3ccccc3)CCC2N1. The molecule has 2 heterocycles. The van der Waals surface area contributed by atoms with Crippen molar-refractivity contribution in [1.29, 1.82) is 0 Å². The van der Waals surface area contributed by atoms with Crippen molar-refractivity contribution < 1.29 is 9.59 Å². The van der Waals surface area contributed by atoms with Gasteiger partial charge in [0.15, 0.2) is 5.78 Å². The maximum atomic E-state index is 12.2. The standard InChI is InChI=1S/C16H20N2O2/c19-15(12-4-2-1-3-5-12)11-18-9-8-14-13(10-18)6-7-16(20)17-14/h1-5,13-14H,6-11H2,(H,17,20). The molecule has 2 atom stereocenters. The second kappa shape index (κ2) is 5.75. The highest BCUT2D eigenvalue weighted by Gasteiger charge is 2.34. The number of amides is 1. The van der Waals surface area contributed by atoms with Gasteiger partial charge in [-0.05, 0) is 18.8 Å². The van der Waals surface area contributed by atoms with Gasteiger partial charge in [0.1, 0.15) is 0 Å². The molecule has 106 valence electrons. The third kappa shape index (κ3) is 2.90. The fourth-order valence-electron chi connectivity index (χ4n) is 3.25. The van der Waals surface area contributed by atoms with Crippen LogP contribution in [0.2, 0.25) is 0 Å². The topological polar surface area (TPSA) is 49.4 Å². The zero-order valence-electron chi connectivity index (χ0n) is 11.5. The van der Waals surface area contributed by atoms with Crippen LogP contribution in [-0.2, 0) is 4.79 Å². The number of piperidine rings is 2. The van der Waals surface area contributed by atoms with Crippen LogP contribution < -0.4 is 5.32 Å². The van der Waals surface area contributed by atoms with Crippen molar-refractivity contribution in [2.75, 3.05) is 19.6 Å². The average Bonchev–Trinajstić information content (AvgIpc) is 2.48. The molecule has 1 aromatic rings. The van der Waals surface area contributed by atoms with Gasteiger partial charge in [-0.15, -0.1) is 0 Å². The molecule has 2 aliphatic heterocycles. The molecule has 2 saturated heterocycles. The first-order valence-corrected chi connectivity index (χ1v) is 7.32. The summed E-state index contributed by atoms with van der Waals surface area (Å²) in [5, 5.41) is 3.07. The predicted molar refractivity (Wildman–Crippen MR) is 76.5 cm³/mol. The van der Waals surface area contributed by atoms with E-state index in [1.54, 1.807) is 0 Å². The summed E-state index contributed by atoms with van der Waals surface area (Å²) in [4.78, 5) is 25.8. The Hall–Kier alpha value is -1.68. The molecular weight excluding hydrogens is 252 g/mol. The molecule has 0 spiro atoms. The smallest absolute Gasteiger partial charge is 0.220 e. The van der Waals surface area contributed by atoms with Gasteiger partial charge in [0.25, 0.3) is 0 Å². The summed E-state index contributed by atoms with van der Waals surface area (Å²) >= 11 is 0. The summed E-state index contributed by atoms with van der Waals surface area (Å²) in [6.45, 7) is 2.30. The molecule has 2 unspecified atom stereocenters. The van der Waals surface area contributed by atoms with E-state index in [1.165, 1.54) is 0 Å². The quantitative estimate of drug-likeness (QED) is 0.848. The number of likely N-dealkylation sites (tertiary alicyclic amines) is 1. The van der Waals surface area contributed by atoms with E-state index in [0.717, 1.165) is 31.5 Å². The minimum Gasteiger partial charge on any atom is -0.353 e. The van der Waals surface area contributed by atoms with Gasteiger partial charge in [0.2, 0.25) is 5.91 Å². The van der Waals surface area contributed by atoms with Gasteiger partial charge in [-0.2, -0.15) is 0 Å². The minimum absolute atomic E-state index is 0.181. The lowest BCUT2D eigenvalue weighted by Gasteiger charge is -2.41. The maximum absolute atomic E-state index is 12.2. The number of hydrogen-bond acceptors (Lipinski definition) is 3. The fourth-order valence-corrected chi connectivity index (χ4v) is 3.25. The number of nitrogens with zero attached hydrogens (tertiary/aromatic N) is 1. The Balaban J connectivity index is 1.57. The molecule has 1 N–H and O–H groups in total. The van der Waals surface area contributed by atoms with Crippen molar-refractivity contribution in [3.8, 4) is 0 Å². The summed E-state index contributed by atoms with van der Waals surface area (Å²) in [6.07, 6.45) is 2.53. The first kappa shape index (κ1) is 13.3. The Kier molecular flexibility index (Phi) is 3.83. The Morgan fingerprint density at radius 1 is 1.25 bits per heavy atom. The molecule has 20 heavy (non-hydrogen) atoms. The van der Waals surface area contributed by atoms with E-state index in [2.05, 4.69) is 10.2 Å². The van der Waals surface area contributed by atoms with Crippen molar-refractivity contribution in [1.82, 2.24) is 10.2 Å². The number of hydrogen-bond donors (Lipinski definition) is 1. The molecule has 1 amide bonds. The van der Waals surface area contributed by atoms with E-state index in [0.29, 0.717) is 24.9 Å². The number of benzene rings is 1. The summed E-state index contributed by atoms with van der Waals surface area (Å²) in [6, 6.07) is 9.78. The molecule has 0 bridgehead atoms. The van der Waals surface area contributed by atoms with Crippen LogP contribution in [0.4, 0.5) is 0 Å². The summed E-state index contributed by atoms with van der Waals surface area (Å²) < 4.78 is 0. The van der Waals surface area contributed by atoms with Crippen LogP contribution in [0.1, 0.15) is 29.6 Å². The summed E-state index contributed by atoms with van der Waals surface area (Å²) in [7, 11) is 0. The van der Waals surface area contributed by atoms with E-state index in [1.807, 2.05) is 30.3 Å². The van der Waals surface area contributed by atoms with Gasteiger partial charge in [0, 0.05) is 31.1 Å². The molecule has 4 nitrogen and oxygen atoms in total. The van der Waals surface area contributed by atoms with Crippen LogP contribution in [-0.4, -0.2) is 42.3 Å². The van der Waals surface area contributed by atoms with Gasteiger partial charge in [0.05, 0.1) is 6.54 Å². The van der Waals surface area contributed by atoms with Crippen LogP contribution in [0.25, 0.3) is 0 Å². The van der Waals surface area contributed by atoms with Crippen molar-refractivity contribution in [2.45, 2.75) is 25.3 Å². The molecule has 1 aromatic carbocycles. The Bertz CT molecular complexity index is 500. The first-order valence-electron chi connectivity index (χ1n) is 7.32. The average molecular weight is 272 g/mol. The van der Waals surface area contributed by atoms with Crippen molar-refractivity contribution in [3.63, 3.8) is 0 Å². The highest BCUT2D eigenvalue weighted by molar-refractivity contribution is 5.97. The van der Waals surface area contributed by atoms with Crippen LogP contribution in [0, 0.1) is 5.92 Å². The van der Waals surface area contributed by atoms with Crippen LogP contribution in [0.5, 0.6) is 0 Å². The number of nitrogens with one attached hydrogen (secondary N) is 1. The Morgan fingerprint density at radius 3 is 2.85 bits per heavy atom. The van der Waals surface area contributed by atoms with Gasteiger partial charge in [-0.3, -0.25) is 14.5 Å². The number of fused-ring (bicyclic) bond motifs is 1. The molecule has 0 radical (unpaired) electrons. The second-order valence-electron chi connectivity index (χ2n) is 5.79. The van der Waals surface area contributed by atoms with E-state index in [9.17, 15) is 9.59 Å². The fraction of sp³-hybridized carbons (Fsp3) is 0.500. The second-order valence-corrected chi connectivity index (χ2v) is 5.79. The van der Waals surface area contributed by atoms with Gasteiger partial charge < -0.3 is 5.32 Å². The van der Waals surface area contributed by atoms with E-state index < -0.39 is 0 Å². The van der Waals surface area contributed by atoms with E-state index in [4.69, 9.17) is 0 Å². The monoisotopic (exact) mass is 272 g/mol. The molecule has 4 heteroatoms. The van der Waals surface area contributed by atoms with E-state index >= 15 is 0 Å². The molecule has 0 aliphatic carbocycles. The third-order valence-corrected chi connectivity index (χ3v) is 4.37. The normalized spacial score (nSPS) is 26.7. The van der Waals surface area contributed by atoms with Gasteiger partial charge >= 0.3 is 0 Å². The van der Waals surface area contributed by atoms with Crippen molar-refractivity contribution in [2.24, 2.45) is 5.92 Å². The highest BCUT2D eigenvalue weighted by atomic mass is 16.1. The zero-order valence-corrected chi connectivity index (χ0v) is 11.5. The number of rotatable bonds is 3. The first-order chi connectivity index (χ1) is 9.72. The number of Topliss-reactive ketones (excluding diaryl/α,β-unsaturated/α-hetero) is 1. The van der Waals surface area contributed by atoms with Crippen LogP contribution in [0.15, 0.2) is 30.3 Å². The predicted octanol–water partition coefficient (Wildman–Crippen LogP) is 1.47. The Morgan fingerprint density at radius 2 is 2.05 bits per heavy atom. The summed E-state index contributed by atoms with van der Waals surface area (Å²) in [5.41, 5.74) is 0.784. The Labute approximate surface area is 119 Å². The van der Waals surface area contributed by atoms with Crippen LogP contribution >= 0.6 is 0 Å². The molecular formula is C16H20N2O2. The molecule has 0 saturated carbocycles. The van der Waals surface area contributed by atoms with Crippen molar-refractivity contribution >= 4 is 11.7 Å². The third-order valence-electron chi connectivity index (χ3n) is 4.37. The molecule has 2 fully saturated rings. The van der Waals surface area contributed by atoms with Gasteiger partial charge in [-0.25, -0.2) is 0 Å². The largest absolute Gasteiger partial charge is 0.353 e. The molecule has 3 rings (SSSR count). The zero-order chi connectivity index (χ0) is 13.9.